The lowest BCUT2D eigenvalue weighted by atomic mass is 9.96. The molecule has 4 nitrogen and oxygen atoms in total. The van der Waals surface area contributed by atoms with Gasteiger partial charge in [0.05, 0.1) is 19.0 Å². The van der Waals surface area contributed by atoms with E-state index in [1.54, 1.807) is 24.3 Å². The van der Waals surface area contributed by atoms with Crippen LogP contribution in [0.4, 0.5) is 10.1 Å². The molecule has 1 atom stereocenters. The van der Waals surface area contributed by atoms with Crippen LogP contribution < -0.4 is 10.6 Å². The van der Waals surface area contributed by atoms with Crippen molar-refractivity contribution in [2.24, 2.45) is 5.92 Å². The van der Waals surface area contributed by atoms with E-state index in [-0.39, 0.29) is 30.2 Å². The zero-order valence-electron chi connectivity index (χ0n) is 14.4. The molecule has 2 rings (SSSR count). The number of carbonyl (C=O) groups is 1. The van der Waals surface area contributed by atoms with Gasteiger partial charge < -0.3 is 10.6 Å². The molecule has 0 radical (unpaired) electrons. The van der Waals surface area contributed by atoms with Gasteiger partial charge >= 0.3 is 0 Å². The second kappa shape index (κ2) is 8.95. The monoisotopic (exact) mass is 339 g/mol. The highest BCUT2D eigenvalue weighted by atomic mass is 19.1. The van der Waals surface area contributed by atoms with Crippen molar-refractivity contribution in [3.63, 3.8) is 0 Å². The fourth-order valence-electron chi connectivity index (χ4n) is 2.61. The lowest BCUT2D eigenvalue weighted by molar-refractivity contribution is -0.115. The van der Waals surface area contributed by atoms with Crippen LogP contribution in [0.3, 0.4) is 0 Å². The van der Waals surface area contributed by atoms with Crippen molar-refractivity contribution in [1.29, 1.82) is 5.26 Å². The van der Waals surface area contributed by atoms with Crippen LogP contribution in [0.2, 0.25) is 0 Å². The van der Waals surface area contributed by atoms with Gasteiger partial charge in [0.2, 0.25) is 5.91 Å². The number of hydrogen-bond acceptors (Lipinski definition) is 3. The van der Waals surface area contributed by atoms with Gasteiger partial charge in [0, 0.05) is 11.7 Å². The van der Waals surface area contributed by atoms with Gasteiger partial charge in [0.25, 0.3) is 0 Å². The number of nitriles is 1. The van der Waals surface area contributed by atoms with Crippen LogP contribution in [-0.4, -0.2) is 12.5 Å². The zero-order chi connectivity index (χ0) is 18.2. The second-order valence-corrected chi connectivity index (χ2v) is 6.23. The lowest BCUT2D eigenvalue weighted by Gasteiger charge is -2.22. The average molecular weight is 339 g/mol. The quantitative estimate of drug-likeness (QED) is 0.806. The average Bonchev–Trinajstić information content (AvgIpc) is 2.58. The molecular weight excluding hydrogens is 317 g/mol. The minimum Gasteiger partial charge on any atom is -0.325 e. The van der Waals surface area contributed by atoms with Crippen molar-refractivity contribution in [3.8, 4) is 6.07 Å². The molecule has 0 heterocycles. The number of halogens is 1. The first-order valence-electron chi connectivity index (χ1n) is 8.24. The van der Waals surface area contributed by atoms with E-state index in [0.717, 1.165) is 11.1 Å². The lowest BCUT2D eigenvalue weighted by Crippen LogP contribution is -2.33. The van der Waals surface area contributed by atoms with Gasteiger partial charge in [-0.1, -0.05) is 38.1 Å². The highest BCUT2D eigenvalue weighted by molar-refractivity contribution is 5.92. The molecule has 0 saturated heterocycles. The summed E-state index contributed by atoms with van der Waals surface area (Å²) in [6.45, 7) is 4.25. The number of anilines is 1. The number of nitrogens with zero attached hydrogens (tertiary/aromatic N) is 1. The van der Waals surface area contributed by atoms with Crippen LogP contribution in [0.25, 0.3) is 0 Å². The largest absolute Gasteiger partial charge is 0.325 e. The van der Waals surface area contributed by atoms with Gasteiger partial charge in [0.15, 0.2) is 0 Å². The molecule has 0 bridgehead atoms. The van der Waals surface area contributed by atoms with E-state index < -0.39 is 0 Å². The topological polar surface area (TPSA) is 64.9 Å². The third kappa shape index (κ3) is 5.70. The SMILES string of the molecule is CC(C)[C@H](NCC(=O)Nc1ccc(CC#N)cc1)c1ccc(F)cc1. The van der Waals surface area contributed by atoms with Crippen LogP contribution in [-0.2, 0) is 11.2 Å². The van der Waals surface area contributed by atoms with Crippen LogP contribution in [0, 0.1) is 23.1 Å². The molecule has 1 amide bonds. The van der Waals surface area contributed by atoms with Crippen LogP contribution in [0.15, 0.2) is 48.5 Å². The first kappa shape index (κ1) is 18.6. The van der Waals surface area contributed by atoms with Crippen molar-refractivity contribution >= 4 is 11.6 Å². The number of hydrogen-bond donors (Lipinski definition) is 2. The van der Waals surface area contributed by atoms with Gasteiger partial charge in [-0.15, -0.1) is 0 Å². The first-order chi connectivity index (χ1) is 12.0. The van der Waals surface area contributed by atoms with Gasteiger partial charge in [-0.2, -0.15) is 5.26 Å². The van der Waals surface area contributed by atoms with Crippen molar-refractivity contribution in [3.05, 3.63) is 65.5 Å². The number of benzene rings is 2. The second-order valence-electron chi connectivity index (χ2n) is 6.23. The standard InChI is InChI=1S/C20H22FN3O/c1-14(2)20(16-5-7-17(21)8-6-16)23-13-19(25)24-18-9-3-15(4-10-18)11-12-22/h3-10,14,20,23H,11,13H2,1-2H3,(H,24,25)/t20-/m0/s1. The molecule has 0 aliphatic rings. The Morgan fingerprint density at radius 1 is 1.12 bits per heavy atom. The minimum absolute atomic E-state index is 0.0376. The molecule has 2 N–H and O–H groups in total. The molecule has 25 heavy (non-hydrogen) atoms. The summed E-state index contributed by atoms with van der Waals surface area (Å²) in [5.41, 5.74) is 2.55. The fourth-order valence-corrected chi connectivity index (χ4v) is 2.61. The Morgan fingerprint density at radius 3 is 2.32 bits per heavy atom. The van der Waals surface area contributed by atoms with E-state index in [4.69, 9.17) is 5.26 Å². The molecule has 2 aromatic carbocycles. The Bertz CT molecular complexity index is 733. The summed E-state index contributed by atoms with van der Waals surface area (Å²) in [5.74, 6) is -0.173. The van der Waals surface area contributed by atoms with E-state index >= 15 is 0 Å². The van der Waals surface area contributed by atoms with E-state index in [9.17, 15) is 9.18 Å². The highest BCUT2D eigenvalue weighted by Crippen LogP contribution is 2.21. The summed E-state index contributed by atoms with van der Waals surface area (Å²) in [7, 11) is 0. The molecule has 0 aliphatic heterocycles. The Morgan fingerprint density at radius 2 is 1.76 bits per heavy atom. The predicted octanol–water partition coefficient (Wildman–Crippen LogP) is 3.82. The molecule has 0 fully saturated rings. The normalized spacial score (nSPS) is 11.8. The summed E-state index contributed by atoms with van der Waals surface area (Å²) in [6, 6.07) is 15.6. The molecule has 0 aromatic heterocycles. The molecule has 5 heteroatoms. The first-order valence-corrected chi connectivity index (χ1v) is 8.24. The van der Waals surface area contributed by atoms with Gasteiger partial charge in [-0.25, -0.2) is 4.39 Å². The van der Waals surface area contributed by atoms with Crippen molar-refractivity contribution < 1.29 is 9.18 Å². The summed E-state index contributed by atoms with van der Waals surface area (Å²) in [6.07, 6.45) is 0.351. The Balaban J connectivity index is 1.92. The van der Waals surface area contributed by atoms with E-state index in [2.05, 4.69) is 16.7 Å². The van der Waals surface area contributed by atoms with E-state index in [1.807, 2.05) is 26.0 Å². The van der Waals surface area contributed by atoms with E-state index in [1.165, 1.54) is 12.1 Å². The van der Waals surface area contributed by atoms with Crippen molar-refractivity contribution in [2.45, 2.75) is 26.3 Å². The highest BCUT2D eigenvalue weighted by Gasteiger charge is 2.16. The Labute approximate surface area is 147 Å². The Hall–Kier alpha value is -2.71. The van der Waals surface area contributed by atoms with Crippen LogP contribution in [0.5, 0.6) is 0 Å². The number of nitrogens with one attached hydrogen (secondary N) is 2. The maximum atomic E-state index is 13.1. The summed E-state index contributed by atoms with van der Waals surface area (Å²) in [5, 5.41) is 14.7. The maximum Gasteiger partial charge on any atom is 0.238 e. The van der Waals surface area contributed by atoms with Gasteiger partial charge in [-0.3, -0.25) is 4.79 Å². The fraction of sp³-hybridized carbons (Fsp3) is 0.300. The summed E-state index contributed by atoms with van der Waals surface area (Å²) < 4.78 is 13.1. The maximum absolute atomic E-state index is 13.1. The minimum atomic E-state index is -0.274. The smallest absolute Gasteiger partial charge is 0.238 e. The molecule has 0 saturated carbocycles. The number of carbonyl (C=O) groups excluding carboxylic acids is 1. The Kier molecular flexibility index (Phi) is 6.67. The molecule has 2 aromatic rings. The third-order valence-electron chi connectivity index (χ3n) is 3.90. The van der Waals surface area contributed by atoms with Gasteiger partial charge in [0.1, 0.15) is 5.82 Å². The number of rotatable bonds is 7. The summed E-state index contributed by atoms with van der Waals surface area (Å²) >= 11 is 0. The summed E-state index contributed by atoms with van der Waals surface area (Å²) in [4.78, 5) is 12.1. The predicted molar refractivity (Wildman–Crippen MR) is 96.4 cm³/mol. The van der Waals surface area contributed by atoms with Crippen LogP contribution in [0.1, 0.15) is 31.0 Å². The molecule has 0 unspecified atom stereocenters. The van der Waals surface area contributed by atoms with Crippen LogP contribution >= 0.6 is 0 Å². The third-order valence-corrected chi connectivity index (χ3v) is 3.90. The molecule has 130 valence electrons. The number of amides is 1. The molecule has 0 spiro atoms. The molecule has 0 aliphatic carbocycles. The van der Waals surface area contributed by atoms with Crippen molar-refractivity contribution in [2.75, 3.05) is 11.9 Å². The van der Waals surface area contributed by atoms with Crippen molar-refractivity contribution in [1.82, 2.24) is 5.32 Å². The van der Waals surface area contributed by atoms with Gasteiger partial charge in [-0.05, 0) is 41.3 Å². The van der Waals surface area contributed by atoms with E-state index in [0.29, 0.717) is 12.1 Å². The molecular formula is C20H22FN3O. The zero-order valence-corrected chi connectivity index (χ0v) is 14.4.